The van der Waals surface area contributed by atoms with E-state index in [2.05, 4.69) is 6.92 Å². The van der Waals surface area contributed by atoms with Crippen molar-refractivity contribution in [2.45, 2.75) is 142 Å². The van der Waals surface area contributed by atoms with Gasteiger partial charge in [-0.1, -0.05) is 116 Å². The molecule has 3 heteroatoms. The molecule has 0 fully saturated rings. The number of carbonyl (C=O) groups excluding carboxylic acids is 1. The number of hydrogen-bond donors (Lipinski definition) is 2. The van der Waals surface area contributed by atoms with Gasteiger partial charge in [0, 0.05) is 13.0 Å². The van der Waals surface area contributed by atoms with Crippen LogP contribution >= 0.6 is 0 Å². The van der Waals surface area contributed by atoms with Crippen LogP contribution in [0.5, 0.6) is 0 Å². The summed E-state index contributed by atoms with van der Waals surface area (Å²) in [5.41, 5.74) is 5.14. The summed E-state index contributed by atoms with van der Waals surface area (Å²) in [6.45, 7) is 2.62. The van der Waals surface area contributed by atoms with Crippen molar-refractivity contribution in [2.75, 3.05) is 6.61 Å². The number of hydrogen-bond acceptors (Lipinski definition) is 2. The summed E-state index contributed by atoms with van der Waals surface area (Å²) in [7, 11) is 0. The Hall–Kier alpha value is -0.570. The van der Waals surface area contributed by atoms with Crippen molar-refractivity contribution in [3.05, 3.63) is 0 Å². The minimum atomic E-state index is -0.158. The van der Waals surface area contributed by atoms with Crippen LogP contribution < -0.4 is 5.73 Å². The lowest BCUT2D eigenvalue weighted by Crippen LogP contribution is -2.09. The van der Waals surface area contributed by atoms with Gasteiger partial charge in [0.1, 0.15) is 0 Å². The van der Waals surface area contributed by atoms with Crippen LogP contribution in [0.25, 0.3) is 0 Å². The monoisotopic (exact) mass is 397 g/mol. The Balaban J connectivity index is 3.13. The fourth-order valence-corrected chi connectivity index (χ4v) is 4.03. The van der Waals surface area contributed by atoms with Crippen LogP contribution in [0.15, 0.2) is 0 Å². The third kappa shape index (κ3) is 21.7. The molecule has 168 valence electrons. The Bertz CT molecular complexity index is 320. The van der Waals surface area contributed by atoms with Gasteiger partial charge < -0.3 is 10.8 Å². The van der Waals surface area contributed by atoms with E-state index >= 15 is 0 Å². The van der Waals surface area contributed by atoms with Crippen LogP contribution in [-0.2, 0) is 4.79 Å². The summed E-state index contributed by atoms with van der Waals surface area (Å²) in [5, 5.41) is 9.39. The van der Waals surface area contributed by atoms with Crippen molar-refractivity contribution in [3.8, 4) is 0 Å². The highest BCUT2D eigenvalue weighted by Crippen LogP contribution is 2.18. The predicted molar refractivity (Wildman–Crippen MR) is 122 cm³/mol. The average Bonchev–Trinajstić information content (AvgIpc) is 2.69. The molecule has 28 heavy (non-hydrogen) atoms. The number of aliphatic hydroxyl groups excluding tert-OH is 1. The number of carbonyl (C=O) groups is 1. The molecule has 3 nitrogen and oxygen atoms in total. The second kappa shape index (κ2) is 22.7. The summed E-state index contributed by atoms with van der Waals surface area (Å²) in [5.74, 6) is 0.399. The van der Waals surface area contributed by atoms with Gasteiger partial charge in [0.05, 0.1) is 0 Å². The van der Waals surface area contributed by atoms with E-state index in [0.717, 1.165) is 12.8 Å². The fraction of sp³-hybridized carbons (Fsp3) is 0.960. The maximum Gasteiger partial charge on any atom is 0.217 e. The van der Waals surface area contributed by atoms with Gasteiger partial charge in [-0.3, -0.25) is 4.79 Å². The average molecular weight is 398 g/mol. The summed E-state index contributed by atoms with van der Waals surface area (Å²) in [4.78, 5) is 10.6. The molecule has 1 amide bonds. The van der Waals surface area contributed by atoms with Gasteiger partial charge in [0.25, 0.3) is 0 Å². The molecule has 0 radical (unpaired) electrons. The Labute approximate surface area is 176 Å². The summed E-state index contributed by atoms with van der Waals surface area (Å²) < 4.78 is 0. The number of primary amides is 1. The molecule has 0 heterocycles. The molecule has 1 unspecified atom stereocenters. The first kappa shape index (κ1) is 27.4. The van der Waals surface area contributed by atoms with Crippen LogP contribution in [0, 0.1) is 5.92 Å². The molecular formula is C25H51NO2. The lowest BCUT2D eigenvalue weighted by atomic mass is 9.96. The van der Waals surface area contributed by atoms with Gasteiger partial charge in [-0.05, 0) is 25.2 Å². The third-order valence-electron chi connectivity index (χ3n) is 6.01. The number of unbranched alkanes of at least 4 members (excludes halogenated alkanes) is 16. The van der Waals surface area contributed by atoms with E-state index in [4.69, 9.17) is 5.73 Å². The first-order valence-electron chi connectivity index (χ1n) is 12.6. The fourth-order valence-electron chi connectivity index (χ4n) is 4.03. The first-order chi connectivity index (χ1) is 13.7. The topological polar surface area (TPSA) is 63.3 Å². The molecule has 0 aliphatic heterocycles. The van der Waals surface area contributed by atoms with Gasteiger partial charge in [0.2, 0.25) is 5.91 Å². The standard InChI is InChI=1S/C25H51NO2/c1-2-3-20-24(23-27)21-18-16-14-12-10-8-6-4-5-7-9-11-13-15-17-19-22-25(26)28/h24,27H,2-23H2,1H3,(H2,26,28). The highest BCUT2D eigenvalue weighted by atomic mass is 16.3. The molecule has 3 N–H and O–H groups in total. The van der Waals surface area contributed by atoms with E-state index in [1.165, 1.54) is 116 Å². The number of amides is 1. The maximum atomic E-state index is 10.6. The molecule has 0 aromatic carbocycles. The molecule has 0 rings (SSSR count). The third-order valence-corrected chi connectivity index (χ3v) is 6.01. The van der Waals surface area contributed by atoms with Crippen LogP contribution in [-0.4, -0.2) is 17.6 Å². The SMILES string of the molecule is CCCCC(CO)CCCCCCCCCCCCCCCCCCC(N)=O. The van der Waals surface area contributed by atoms with Crippen molar-refractivity contribution in [1.82, 2.24) is 0 Å². The zero-order chi connectivity index (χ0) is 20.7. The highest BCUT2D eigenvalue weighted by Gasteiger charge is 2.06. The first-order valence-corrected chi connectivity index (χ1v) is 12.6. The zero-order valence-corrected chi connectivity index (χ0v) is 19.1. The number of aliphatic hydroxyl groups is 1. The lowest BCUT2D eigenvalue weighted by Gasteiger charge is -2.13. The predicted octanol–water partition coefficient (Wildman–Crippen LogP) is 7.29. The molecule has 1 atom stereocenters. The van der Waals surface area contributed by atoms with E-state index in [-0.39, 0.29) is 5.91 Å². The van der Waals surface area contributed by atoms with Crippen LogP contribution in [0.4, 0.5) is 0 Å². The van der Waals surface area contributed by atoms with Crippen LogP contribution in [0.3, 0.4) is 0 Å². The summed E-state index contributed by atoms with van der Waals surface area (Å²) >= 11 is 0. The van der Waals surface area contributed by atoms with Crippen LogP contribution in [0.2, 0.25) is 0 Å². The van der Waals surface area contributed by atoms with E-state index in [0.29, 0.717) is 18.9 Å². The summed E-state index contributed by atoms with van der Waals surface area (Å²) in [6.07, 6.45) is 26.8. The Morgan fingerprint density at radius 1 is 0.643 bits per heavy atom. The van der Waals surface area contributed by atoms with E-state index in [1.54, 1.807) is 0 Å². The molecule has 0 aromatic heterocycles. The quantitative estimate of drug-likeness (QED) is 0.178. The molecule has 0 saturated heterocycles. The van der Waals surface area contributed by atoms with Crippen molar-refractivity contribution in [1.29, 1.82) is 0 Å². The van der Waals surface area contributed by atoms with E-state index < -0.39 is 0 Å². The van der Waals surface area contributed by atoms with E-state index in [1.807, 2.05) is 0 Å². The van der Waals surface area contributed by atoms with Gasteiger partial charge in [-0.15, -0.1) is 0 Å². The molecule has 0 aliphatic rings. The Kier molecular flexibility index (Phi) is 22.3. The maximum absolute atomic E-state index is 10.6. The number of nitrogens with two attached hydrogens (primary N) is 1. The van der Waals surface area contributed by atoms with E-state index in [9.17, 15) is 9.90 Å². The van der Waals surface area contributed by atoms with Gasteiger partial charge in [-0.2, -0.15) is 0 Å². The number of rotatable bonds is 23. The van der Waals surface area contributed by atoms with Crippen molar-refractivity contribution in [3.63, 3.8) is 0 Å². The summed E-state index contributed by atoms with van der Waals surface area (Å²) in [6, 6.07) is 0. The smallest absolute Gasteiger partial charge is 0.217 e. The van der Waals surface area contributed by atoms with Crippen molar-refractivity contribution < 1.29 is 9.90 Å². The lowest BCUT2D eigenvalue weighted by molar-refractivity contribution is -0.118. The molecular weight excluding hydrogens is 346 g/mol. The minimum absolute atomic E-state index is 0.158. The second-order valence-corrected chi connectivity index (χ2v) is 8.85. The molecule has 0 aliphatic carbocycles. The van der Waals surface area contributed by atoms with Crippen molar-refractivity contribution in [2.24, 2.45) is 11.7 Å². The molecule has 0 saturated carbocycles. The molecule has 0 bridgehead atoms. The normalized spacial score (nSPS) is 12.4. The van der Waals surface area contributed by atoms with Gasteiger partial charge in [0.15, 0.2) is 0 Å². The largest absolute Gasteiger partial charge is 0.396 e. The van der Waals surface area contributed by atoms with Crippen LogP contribution in [0.1, 0.15) is 142 Å². The highest BCUT2D eigenvalue weighted by molar-refractivity contribution is 5.73. The zero-order valence-electron chi connectivity index (χ0n) is 19.1. The van der Waals surface area contributed by atoms with Gasteiger partial charge >= 0.3 is 0 Å². The molecule has 0 aromatic rings. The van der Waals surface area contributed by atoms with Gasteiger partial charge in [-0.25, -0.2) is 0 Å². The minimum Gasteiger partial charge on any atom is -0.396 e. The second-order valence-electron chi connectivity index (χ2n) is 8.85. The Morgan fingerprint density at radius 2 is 1.00 bits per heavy atom. The Morgan fingerprint density at radius 3 is 1.36 bits per heavy atom. The molecule has 0 spiro atoms. The van der Waals surface area contributed by atoms with Crippen molar-refractivity contribution >= 4 is 5.91 Å².